The fourth-order valence-corrected chi connectivity index (χ4v) is 10.3. The van der Waals surface area contributed by atoms with Crippen LogP contribution in [0.1, 0.15) is 124 Å². The first-order valence-corrected chi connectivity index (χ1v) is 22.7. The molecule has 0 radical (unpaired) electrons. The number of aromatic carboxylic acids is 2. The summed E-state index contributed by atoms with van der Waals surface area (Å²) >= 11 is 3.21. The number of rotatable bonds is 11. The lowest BCUT2D eigenvalue weighted by molar-refractivity contribution is 0.0686. The molecule has 2 aliphatic rings. The van der Waals surface area contributed by atoms with E-state index in [4.69, 9.17) is 14.9 Å². The Morgan fingerprint density at radius 1 is 0.617 bits per heavy atom. The van der Waals surface area contributed by atoms with Crippen LogP contribution in [0.15, 0.2) is 97.3 Å². The number of benzene rings is 4. The molecule has 0 amide bonds. The average molecular weight is 843 g/mol. The second-order valence-electron chi connectivity index (χ2n) is 17.2. The highest BCUT2D eigenvalue weighted by Crippen LogP contribution is 2.46. The van der Waals surface area contributed by atoms with Crippen molar-refractivity contribution in [2.45, 2.75) is 103 Å². The molecular weight excluding hydrogens is 789 g/mol. The number of ether oxygens (including phenoxy) is 1. The Labute approximate surface area is 361 Å². The lowest BCUT2D eigenvalue weighted by Crippen LogP contribution is -2.26. The summed E-state index contributed by atoms with van der Waals surface area (Å²) in [7, 11) is 0. The van der Waals surface area contributed by atoms with Crippen molar-refractivity contribution in [3.63, 3.8) is 0 Å². The quantitative estimate of drug-likeness (QED) is 0.118. The van der Waals surface area contributed by atoms with Crippen molar-refractivity contribution in [1.29, 1.82) is 0 Å². The first-order valence-electron chi connectivity index (χ1n) is 21.0. The van der Waals surface area contributed by atoms with Crippen LogP contribution in [-0.2, 0) is 10.8 Å². The summed E-state index contributed by atoms with van der Waals surface area (Å²) < 4.78 is 6.25. The van der Waals surface area contributed by atoms with E-state index in [1.165, 1.54) is 56.9 Å². The Bertz CT molecular complexity index is 2420. The van der Waals surface area contributed by atoms with Gasteiger partial charge in [-0.15, -0.1) is 22.7 Å². The molecular formula is C50H54N2O6S2. The standard InChI is InChI=1S/C27H31NO3S.C23H23NO3S/c1-18(2)17-31-23-12-11-21(15-22(23)27(3)13-5-4-6-14-27)24-16-28-25(32-24)19-7-9-20(10-8-19)26(29)30;1-23(11-3-2-4-12-23)18-13-17(9-10-19(18)25)20-14-24-21(28-20)15-5-7-16(8-6-15)22(26)27/h7-12,15-16,18H,4-6,13-14,17H2,1-3H3,(H,29,30);5-10,13-14,25H,2-4,11-12H2,1H3,(H,26,27). The first-order chi connectivity index (χ1) is 28.8. The average Bonchev–Trinajstić information content (AvgIpc) is 3.96. The smallest absolute Gasteiger partial charge is 0.335 e. The second kappa shape index (κ2) is 18.5. The topological polar surface area (TPSA) is 130 Å². The van der Waals surface area contributed by atoms with Gasteiger partial charge in [0.2, 0.25) is 0 Å². The molecule has 2 aromatic heterocycles. The van der Waals surface area contributed by atoms with E-state index in [0.29, 0.717) is 11.7 Å². The highest BCUT2D eigenvalue weighted by atomic mass is 32.1. The second-order valence-corrected chi connectivity index (χ2v) is 19.3. The Morgan fingerprint density at radius 3 is 1.48 bits per heavy atom. The summed E-state index contributed by atoms with van der Waals surface area (Å²) in [5, 5.41) is 30.4. The summed E-state index contributed by atoms with van der Waals surface area (Å²) in [5.74, 6) is 0.0281. The molecule has 312 valence electrons. The van der Waals surface area contributed by atoms with Crippen LogP contribution in [0.25, 0.3) is 42.0 Å². The van der Waals surface area contributed by atoms with E-state index in [9.17, 15) is 14.7 Å². The van der Waals surface area contributed by atoms with Gasteiger partial charge in [0, 0.05) is 34.6 Å². The number of carboxylic acids is 2. The maximum absolute atomic E-state index is 11.1. The molecule has 2 heterocycles. The van der Waals surface area contributed by atoms with Crippen molar-refractivity contribution in [3.8, 4) is 53.5 Å². The fraction of sp³-hybridized carbons (Fsp3) is 0.360. The van der Waals surface area contributed by atoms with E-state index in [2.05, 4.69) is 61.9 Å². The highest BCUT2D eigenvalue weighted by molar-refractivity contribution is 7.18. The van der Waals surface area contributed by atoms with Gasteiger partial charge in [-0.05, 0) is 114 Å². The van der Waals surface area contributed by atoms with Crippen LogP contribution in [0.2, 0.25) is 0 Å². The van der Waals surface area contributed by atoms with Gasteiger partial charge < -0.3 is 20.1 Å². The van der Waals surface area contributed by atoms with Crippen molar-refractivity contribution >= 4 is 34.6 Å². The van der Waals surface area contributed by atoms with Gasteiger partial charge in [0.1, 0.15) is 21.5 Å². The van der Waals surface area contributed by atoms with Gasteiger partial charge in [0.05, 0.1) is 27.5 Å². The molecule has 8 rings (SSSR count). The molecule has 10 heteroatoms. The monoisotopic (exact) mass is 842 g/mol. The van der Waals surface area contributed by atoms with Gasteiger partial charge >= 0.3 is 11.9 Å². The molecule has 0 unspecified atom stereocenters. The predicted octanol–water partition coefficient (Wildman–Crippen LogP) is 13.5. The number of thiazole rings is 2. The molecule has 0 atom stereocenters. The van der Waals surface area contributed by atoms with E-state index >= 15 is 0 Å². The molecule has 6 aromatic rings. The minimum absolute atomic E-state index is 0.0263. The molecule has 3 N–H and O–H groups in total. The summed E-state index contributed by atoms with van der Waals surface area (Å²) in [4.78, 5) is 33.4. The molecule has 4 aromatic carbocycles. The van der Waals surface area contributed by atoms with Gasteiger partial charge in [0.25, 0.3) is 0 Å². The van der Waals surface area contributed by atoms with Crippen molar-refractivity contribution in [3.05, 3.63) is 120 Å². The van der Waals surface area contributed by atoms with Crippen molar-refractivity contribution in [2.75, 3.05) is 6.61 Å². The Balaban J connectivity index is 0.000000183. The number of aromatic nitrogens is 2. The zero-order valence-corrected chi connectivity index (χ0v) is 36.5. The van der Waals surface area contributed by atoms with Crippen molar-refractivity contribution in [1.82, 2.24) is 9.97 Å². The van der Waals surface area contributed by atoms with Crippen molar-refractivity contribution < 1.29 is 29.6 Å². The van der Waals surface area contributed by atoms with Crippen LogP contribution >= 0.6 is 22.7 Å². The molecule has 2 saturated carbocycles. The minimum atomic E-state index is -0.931. The number of hydrogen-bond acceptors (Lipinski definition) is 8. The summed E-state index contributed by atoms with van der Waals surface area (Å²) in [6.07, 6.45) is 15.9. The summed E-state index contributed by atoms with van der Waals surface area (Å²) in [6, 6.07) is 26.1. The van der Waals surface area contributed by atoms with Crippen LogP contribution in [0, 0.1) is 5.92 Å². The third kappa shape index (κ3) is 9.82. The zero-order valence-electron chi connectivity index (χ0n) is 34.9. The van der Waals surface area contributed by atoms with E-state index < -0.39 is 11.9 Å². The molecule has 0 bridgehead atoms. The number of phenolic OH excluding ortho intramolecular Hbond substituents is 1. The van der Waals surface area contributed by atoms with Gasteiger partial charge in [-0.1, -0.05) is 90.5 Å². The van der Waals surface area contributed by atoms with Gasteiger partial charge in [-0.25, -0.2) is 19.6 Å². The third-order valence-corrected chi connectivity index (χ3v) is 14.3. The third-order valence-electron chi connectivity index (χ3n) is 12.1. The summed E-state index contributed by atoms with van der Waals surface area (Å²) in [5.41, 5.74) is 7.13. The molecule has 2 aliphatic carbocycles. The summed E-state index contributed by atoms with van der Waals surface area (Å²) in [6.45, 7) is 9.72. The maximum atomic E-state index is 11.1. The molecule has 60 heavy (non-hydrogen) atoms. The Hall–Kier alpha value is -5.32. The lowest BCUT2D eigenvalue weighted by atomic mass is 9.70. The number of nitrogens with zero attached hydrogens (tertiary/aromatic N) is 2. The highest BCUT2D eigenvalue weighted by Gasteiger charge is 2.33. The van der Waals surface area contributed by atoms with Crippen LogP contribution in [0.4, 0.5) is 0 Å². The molecule has 0 saturated heterocycles. The Morgan fingerprint density at radius 2 is 1.03 bits per heavy atom. The van der Waals surface area contributed by atoms with Crippen LogP contribution in [-0.4, -0.2) is 43.8 Å². The van der Waals surface area contributed by atoms with Gasteiger partial charge in [-0.3, -0.25) is 0 Å². The van der Waals surface area contributed by atoms with E-state index in [0.717, 1.165) is 72.8 Å². The van der Waals surface area contributed by atoms with E-state index in [1.54, 1.807) is 65.1 Å². The fourth-order valence-electron chi connectivity index (χ4n) is 8.51. The largest absolute Gasteiger partial charge is 0.508 e. The number of carbonyl (C=O) groups is 2. The van der Waals surface area contributed by atoms with Gasteiger partial charge in [-0.2, -0.15) is 0 Å². The van der Waals surface area contributed by atoms with Crippen LogP contribution in [0.3, 0.4) is 0 Å². The molecule has 2 fully saturated rings. The lowest BCUT2D eigenvalue weighted by Gasteiger charge is -2.35. The number of carboxylic acid groups (broad SMARTS) is 2. The SMILES string of the molecule is CC(C)COc1ccc(-c2cnc(-c3ccc(C(=O)O)cc3)s2)cc1C1(C)CCCCC1.CC1(c2cc(-c3cnc(-c4ccc(C(=O)O)cc4)s3)ccc2O)CCCCC1. The van der Waals surface area contributed by atoms with Crippen molar-refractivity contribution in [2.24, 2.45) is 5.92 Å². The number of hydrogen-bond donors (Lipinski definition) is 3. The van der Waals surface area contributed by atoms with E-state index in [1.807, 2.05) is 30.6 Å². The van der Waals surface area contributed by atoms with Crippen LogP contribution < -0.4 is 4.74 Å². The molecule has 0 spiro atoms. The van der Waals surface area contributed by atoms with Gasteiger partial charge in [0.15, 0.2) is 0 Å². The van der Waals surface area contributed by atoms with E-state index in [-0.39, 0.29) is 22.0 Å². The first kappa shape index (κ1) is 42.8. The number of phenols is 1. The molecule has 8 nitrogen and oxygen atoms in total. The zero-order chi connectivity index (χ0) is 42.4. The Kier molecular flexibility index (Phi) is 13.2. The minimum Gasteiger partial charge on any atom is -0.508 e. The van der Waals surface area contributed by atoms with Crippen LogP contribution in [0.5, 0.6) is 11.5 Å². The number of aromatic hydroxyl groups is 1. The predicted molar refractivity (Wildman–Crippen MR) is 243 cm³/mol. The molecule has 0 aliphatic heterocycles. The maximum Gasteiger partial charge on any atom is 0.335 e. The normalized spacial score (nSPS) is 15.8.